The van der Waals surface area contributed by atoms with E-state index in [0.29, 0.717) is 6.42 Å². The summed E-state index contributed by atoms with van der Waals surface area (Å²) in [5.74, 6) is -0.857. The van der Waals surface area contributed by atoms with Crippen LogP contribution in [-0.4, -0.2) is 17.1 Å². The Morgan fingerprint density at radius 3 is 2.61 bits per heavy atom. The van der Waals surface area contributed by atoms with E-state index in [-0.39, 0.29) is 5.69 Å². The Hall–Kier alpha value is -1.24. The molecule has 0 saturated carbocycles. The number of benzene rings is 1. The van der Waals surface area contributed by atoms with E-state index in [1.807, 2.05) is 0 Å². The number of rotatable bonds is 4. The second kappa shape index (κ2) is 6.08. The Bertz CT molecular complexity index is 423. The monoisotopic (exact) mass is 325 g/mol. The first-order valence-corrected chi connectivity index (χ1v) is 6.04. The number of para-hydroxylation sites is 2. The summed E-state index contributed by atoms with van der Waals surface area (Å²) in [6, 6.07) is 5.38. The molecule has 1 amide bonds. The van der Waals surface area contributed by atoms with Gasteiger partial charge in [0.1, 0.15) is 0 Å². The lowest BCUT2D eigenvalue weighted by Gasteiger charge is -2.14. The van der Waals surface area contributed by atoms with Crippen LogP contribution in [0.2, 0.25) is 0 Å². The lowest BCUT2D eigenvalue weighted by atomic mass is 10.2. The Kier molecular flexibility index (Phi) is 5.01. The van der Waals surface area contributed by atoms with Crippen LogP contribution in [0.15, 0.2) is 24.3 Å². The van der Waals surface area contributed by atoms with Gasteiger partial charge in [-0.25, -0.2) is 0 Å². The van der Waals surface area contributed by atoms with Crippen molar-refractivity contribution >= 4 is 27.5 Å². The van der Waals surface area contributed by atoms with Crippen molar-refractivity contribution < 1.29 is 22.7 Å². The quantitative estimate of drug-likeness (QED) is 0.857. The van der Waals surface area contributed by atoms with Crippen molar-refractivity contribution in [1.29, 1.82) is 0 Å². The van der Waals surface area contributed by atoms with Crippen LogP contribution in [0.5, 0.6) is 5.75 Å². The molecule has 0 aromatic heterocycles. The van der Waals surface area contributed by atoms with Crippen LogP contribution < -0.4 is 10.1 Å². The summed E-state index contributed by atoms with van der Waals surface area (Å²) in [5.41, 5.74) is -0.0160. The molecule has 1 N–H and O–H groups in total. The molecule has 0 aliphatic carbocycles. The summed E-state index contributed by atoms with van der Waals surface area (Å²) < 4.78 is 40.2. The maximum atomic E-state index is 12.1. The van der Waals surface area contributed by atoms with Gasteiger partial charge in [-0.2, -0.15) is 0 Å². The molecule has 7 heteroatoms. The summed E-state index contributed by atoms with van der Waals surface area (Å²) in [4.78, 5) is 11.1. The van der Waals surface area contributed by atoms with Crippen molar-refractivity contribution in [2.24, 2.45) is 0 Å². The summed E-state index contributed by atoms with van der Waals surface area (Å²) in [5, 5.41) is 2.37. The van der Waals surface area contributed by atoms with E-state index in [1.165, 1.54) is 18.2 Å². The molecule has 0 bridgehead atoms. The summed E-state index contributed by atoms with van der Waals surface area (Å²) in [6.45, 7) is 1.77. The minimum absolute atomic E-state index is 0.0160. The van der Waals surface area contributed by atoms with Crippen molar-refractivity contribution in [2.45, 2.75) is 24.5 Å². The predicted octanol–water partition coefficient (Wildman–Crippen LogP) is 3.70. The fraction of sp³-hybridized carbons (Fsp3) is 0.364. The van der Waals surface area contributed by atoms with Crippen LogP contribution in [0, 0.1) is 0 Å². The number of carbonyl (C=O) groups is 1. The fourth-order valence-electron chi connectivity index (χ4n) is 1.18. The van der Waals surface area contributed by atoms with Gasteiger partial charge in [-0.05, 0) is 18.6 Å². The highest BCUT2D eigenvalue weighted by Gasteiger charge is 2.32. The van der Waals surface area contributed by atoms with Crippen molar-refractivity contribution in [3.63, 3.8) is 0 Å². The number of alkyl halides is 4. The minimum atomic E-state index is -4.79. The number of halogens is 4. The van der Waals surface area contributed by atoms with E-state index in [0.717, 1.165) is 6.07 Å². The van der Waals surface area contributed by atoms with Gasteiger partial charge in [0.15, 0.2) is 5.75 Å². The molecule has 100 valence electrons. The first-order valence-electron chi connectivity index (χ1n) is 5.13. The number of amides is 1. The topological polar surface area (TPSA) is 38.3 Å². The van der Waals surface area contributed by atoms with Gasteiger partial charge < -0.3 is 10.1 Å². The van der Waals surface area contributed by atoms with Crippen LogP contribution in [0.3, 0.4) is 0 Å². The Balaban J connectivity index is 2.86. The van der Waals surface area contributed by atoms with Crippen LogP contribution >= 0.6 is 15.9 Å². The molecule has 1 unspecified atom stereocenters. The fourth-order valence-corrected chi connectivity index (χ4v) is 1.29. The zero-order valence-electron chi connectivity index (χ0n) is 9.42. The molecular weight excluding hydrogens is 315 g/mol. The third-order valence-corrected chi connectivity index (χ3v) is 3.08. The Morgan fingerprint density at radius 1 is 1.44 bits per heavy atom. The van der Waals surface area contributed by atoms with Gasteiger partial charge in [-0.3, -0.25) is 4.79 Å². The van der Waals surface area contributed by atoms with Gasteiger partial charge in [0, 0.05) is 0 Å². The van der Waals surface area contributed by atoms with E-state index in [4.69, 9.17) is 0 Å². The first-order chi connectivity index (χ1) is 8.33. The molecule has 1 atom stereocenters. The van der Waals surface area contributed by atoms with E-state index in [9.17, 15) is 18.0 Å². The summed E-state index contributed by atoms with van der Waals surface area (Å²) in [6.07, 6.45) is -4.27. The van der Waals surface area contributed by atoms with E-state index < -0.39 is 22.8 Å². The van der Waals surface area contributed by atoms with E-state index >= 15 is 0 Å². The number of anilines is 1. The zero-order chi connectivity index (χ0) is 13.8. The lowest BCUT2D eigenvalue weighted by molar-refractivity contribution is -0.274. The number of hydrogen-bond acceptors (Lipinski definition) is 2. The Morgan fingerprint density at radius 2 is 2.06 bits per heavy atom. The normalized spacial score (nSPS) is 12.9. The average molecular weight is 326 g/mol. The molecule has 3 nitrogen and oxygen atoms in total. The van der Waals surface area contributed by atoms with Crippen molar-refractivity contribution in [1.82, 2.24) is 0 Å². The third kappa shape index (κ3) is 4.56. The number of ether oxygens (including phenoxy) is 1. The molecule has 1 aromatic carbocycles. The van der Waals surface area contributed by atoms with Gasteiger partial charge in [0.05, 0.1) is 10.5 Å². The van der Waals surface area contributed by atoms with Crippen LogP contribution in [0.1, 0.15) is 13.3 Å². The van der Waals surface area contributed by atoms with Crippen molar-refractivity contribution in [3.05, 3.63) is 24.3 Å². The Labute approximate surface area is 110 Å². The van der Waals surface area contributed by atoms with Gasteiger partial charge in [-0.1, -0.05) is 35.0 Å². The van der Waals surface area contributed by atoms with Crippen LogP contribution in [0.25, 0.3) is 0 Å². The molecule has 0 radical (unpaired) electrons. The van der Waals surface area contributed by atoms with Gasteiger partial charge in [-0.15, -0.1) is 13.2 Å². The standard InChI is InChI=1S/C11H11BrF3NO2/c1-2-7(12)10(17)16-8-5-3-4-6-9(8)18-11(13,14)15/h3-7H,2H2,1H3,(H,16,17). The van der Waals surface area contributed by atoms with E-state index in [1.54, 1.807) is 6.92 Å². The molecular formula is C11H11BrF3NO2. The third-order valence-electron chi connectivity index (χ3n) is 2.01. The van der Waals surface area contributed by atoms with Crippen molar-refractivity contribution in [3.8, 4) is 5.75 Å². The summed E-state index contributed by atoms with van der Waals surface area (Å²) >= 11 is 3.11. The molecule has 18 heavy (non-hydrogen) atoms. The molecule has 0 aliphatic rings. The second-order valence-corrected chi connectivity index (χ2v) is 4.51. The maximum Gasteiger partial charge on any atom is 0.573 e. The van der Waals surface area contributed by atoms with Gasteiger partial charge in [0.2, 0.25) is 5.91 Å². The number of carbonyl (C=O) groups excluding carboxylic acids is 1. The number of hydrogen-bond donors (Lipinski definition) is 1. The van der Waals surface area contributed by atoms with Crippen LogP contribution in [0.4, 0.5) is 18.9 Å². The van der Waals surface area contributed by atoms with Crippen LogP contribution in [-0.2, 0) is 4.79 Å². The largest absolute Gasteiger partial charge is 0.573 e. The second-order valence-electron chi connectivity index (χ2n) is 3.41. The maximum absolute atomic E-state index is 12.1. The molecule has 0 fully saturated rings. The summed E-state index contributed by atoms with van der Waals surface area (Å²) in [7, 11) is 0. The SMILES string of the molecule is CCC(Br)C(=O)Nc1ccccc1OC(F)(F)F. The van der Waals surface area contributed by atoms with Gasteiger partial charge in [0.25, 0.3) is 0 Å². The van der Waals surface area contributed by atoms with E-state index in [2.05, 4.69) is 26.0 Å². The number of nitrogens with one attached hydrogen (secondary N) is 1. The average Bonchev–Trinajstić information content (AvgIpc) is 2.28. The highest BCUT2D eigenvalue weighted by molar-refractivity contribution is 9.10. The first kappa shape index (κ1) is 14.8. The predicted molar refractivity (Wildman–Crippen MR) is 64.8 cm³/mol. The molecule has 0 heterocycles. The molecule has 0 saturated heterocycles. The zero-order valence-corrected chi connectivity index (χ0v) is 11.0. The van der Waals surface area contributed by atoms with Gasteiger partial charge >= 0.3 is 6.36 Å². The highest BCUT2D eigenvalue weighted by Crippen LogP contribution is 2.30. The smallest absolute Gasteiger partial charge is 0.404 e. The molecule has 0 aliphatic heterocycles. The highest BCUT2D eigenvalue weighted by atomic mass is 79.9. The lowest BCUT2D eigenvalue weighted by Crippen LogP contribution is -2.24. The molecule has 1 rings (SSSR count). The van der Waals surface area contributed by atoms with Crippen molar-refractivity contribution in [2.75, 3.05) is 5.32 Å². The minimum Gasteiger partial charge on any atom is -0.404 e. The molecule has 0 spiro atoms. The molecule has 1 aromatic rings.